The molecule has 0 spiro atoms. The minimum absolute atomic E-state index is 0.194. The molecule has 2 aromatic carbocycles. The van der Waals surface area contributed by atoms with E-state index in [1.807, 2.05) is 12.1 Å². The maximum atomic E-state index is 5.60. The summed E-state index contributed by atoms with van der Waals surface area (Å²) < 4.78 is 0. The molecule has 0 aromatic heterocycles. The SMILES string of the molecule is CC(NN)C(c1ccccc1)c1ccccc1. The van der Waals surface area contributed by atoms with E-state index in [1.54, 1.807) is 0 Å². The molecule has 0 saturated carbocycles. The number of hydrogen-bond donors (Lipinski definition) is 2. The van der Waals surface area contributed by atoms with Crippen molar-refractivity contribution in [2.45, 2.75) is 18.9 Å². The Bertz CT molecular complexity index is 399. The lowest BCUT2D eigenvalue weighted by molar-refractivity contribution is 0.515. The standard InChI is InChI=1S/C15H18N2/c1-12(17-16)15(13-8-4-2-5-9-13)14-10-6-3-7-11-14/h2-12,15,17H,16H2,1H3. The van der Waals surface area contributed by atoms with E-state index in [0.29, 0.717) is 0 Å². The normalized spacial score (nSPS) is 12.6. The van der Waals surface area contributed by atoms with E-state index in [4.69, 9.17) is 5.84 Å². The zero-order valence-electron chi connectivity index (χ0n) is 10.0. The van der Waals surface area contributed by atoms with Gasteiger partial charge in [0.2, 0.25) is 0 Å². The van der Waals surface area contributed by atoms with Crippen LogP contribution in [-0.2, 0) is 0 Å². The van der Waals surface area contributed by atoms with Crippen LogP contribution in [0.2, 0.25) is 0 Å². The molecule has 88 valence electrons. The van der Waals surface area contributed by atoms with Crippen LogP contribution in [0.5, 0.6) is 0 Å². The summed E-state index contributed by atoms with van der Waals surface area (Å²) in [6.45, 7) is 2.10. The van der Waals surface area contributed by atoms with Gasteiger partial charge >= 0.3 is 0 Å². The number of benzene rings is 2. The van der Waals surface area contributed by atoms with Crippen molar-refractivity contribution in [3.63, 3.8) is 0 Å². The van der Waals surface area contributed by atoms with Crippen molar-refractivity contribution >= 4 is 0 Å². The van der Waals surface area contributed by atoms with Crippen LogP contribution >= 0.6 is 0 Å². The Balaban J connectivity index is 2.39. The molecular formula is C15H18N2. The summed E-state index contributed by atoms with van der Waals surface area (Å²) in [5.74, 6) is 5.88. The fourth-order valence-corrected chi connectivity index (χ4v) is 2.19. The number of hydrogen-bond acceptors (Lipinski definition) is 2. The van der Waals surface area contributed by atoms with Crippen LogP contribution in [0.4, 0.5) is 0 Å². The Kier molecular flexibility index (Phi) is 3.91. The summed E-state index contributed by atoms with van der Waals surface area (Å²) in [4.78, 5) is 0. The maximum Gasteiger partial charge on any atom is 0.0291 e. The zero-order valence-corrected chi connectivity index (χ0v) is 10.0. The monoisotopic (exact) mass is 226 g/mol. The highest BCUT2D eigenvalue weighted by Crippen LogP contribution is 2.27. The Hall–Kier alpha value is -1.64. The first kappa shape index (κ1) is 11.8. The van der Waals surface area contributed by atoms with Crippen LogP contribution in [-0.4, -0.2) is 6.04 Å². The van der Waals surface area contributed by atoms with Gasteiger partial charge in [0.15, 0.2) is 0 Å². The summed E-state index contributed by atoms with van der Waals surface area (Å²) in [5, 5.41) is 0. The van der Waals surface area contributed by atoms with Gasteiger partial charge in [0.05, 0.1) is 0 Å². The van der Waals surface area contributed by atoms with Crippen molar-refractivity contribution in [1.29, 1.82) is 0 Å². The zero-order chi connectivity index (χ0) is 12.1. The lowest BCUT2D eigenvalue weighted by atomic mass is 9.86. The molecule has 0 aliphatic heterocycles. The lowest BCUT2D eigenvalue weighted by Crippen LogP contribution is -2.37. The Morgan fingerprint density at radius 2 is 1.24 bits per heavy atom. The topological polar surface area (TPSA) is 38.0 Å². The molecule has 0 fully saturated rings. The molecule has 0 saturated heterocycles. The lowest BCUT2D eigenvalue weighted by Gasteiger charge is -2.24. The predicted octanol–water partition coefficient (Wildman–Crippen LogP) is 2.67. The maximum absolute atomic E-state index is 5.60. The van der Waals surface area contributed by atoms with Crippen molar-refractivity contribution in [2.75, 3.05) is 0 Å². The fraction of sp³-hybridized carbons (Fsp3) is 0.200. The Morgan fingerprint density at radius 1 is 0.824 bits per heavy atom. The van der Waals surface area contributed by atoms with Crippen molar-refractivity contribution < 1.29 is 0 Å². The van der Waals surface area contributed by atoms with Gasteiger partial charge in [0, 0.05) is 12.0 Å². The Labute approximate surface area is 102 Å². The minimum atomic E-state index is 0.194. The molecule has 17 heavy (non-hydrogen) atoms. The highest BCUT2D eigenvalue weighted by Gasteiger charge is 2.19. The average Bonchev–Trinajstić information content (AvgIpc) is 2.41. The van der Waals surface area contributed by atoms with E-state index in [-0.39, 0.29) is 12.0 Å². The van der Waals surface area contributed by atoms with E-state index in [9.17, 15) is 0 Å². The van der Waals surface area contributed by atoms with Gasteiger partial charge in [-0.1, -0.05) is 60.7 Å². The van der Waals surface area contributed by atoms with Gasteiger partial charge in [-0.15, -0.1) is 0 Å². The molecular weight excluding hydrogens is 208 g/mol. The molecule has 0 radical (unpaired) electrons. The van der Waals surface area contributed by atoms with Gasteiger partial charge in [-0.25, -0.2) is 0 Å². The van der Waals surface area contributed by atoms with Gasteiger partial charge < -0.3 is 0 Å². The molecule has 0 amide bonds. The summed E-state index contributed by atoms with van der Waals surface area (Å²) >= 11 is 0. The predicted molar refractivity (Wildman–Crippen MR) is 71.5 cm³/mol. The molecule has 2 rings (SSSR count). The first-order chi connectivity index (χ1) is 8.33. The molecule has 0 heterocycles. The number of nitrogens with two attached hydrogens (primary N) is 1. The highest BCUT2D eigenvalue weighted by atomic mass is 15.2. The minimum Gasteiger partial charge on any atom is -0.271 e. The van der Waals surface area contributed by atoms with Gasteiger partial charge in [-0.2, -0.15) is 0 Å². The molecule has 2 aromatic rings. The third kappa shape index (κ3) is 2.73. The second-order valence-corrected chi connectivity index (χ2v) is 4.25. The average molecular weight is 226 g/mol. The van der Waals surface area contributed by atoms with Crippen molar-refractivity contribution in [2.24, 2.45) is 5.84 Å². The van der Waals surface area contributed by atoms with Gasteiger partial charge in [-0.3, -0.25) is 11.3 Å². The summed E-state index contributed by atoms with van der Waals surface area (Å²) in [5.41, 5.74) is 5.43. The van der Waals surface area contributed by atoms with E-state index in [1.165, 1.54) is 11.1 Å². The van der Waals surface area contributed by atoms with Crippen LogP contribution in [0.3, 0.4) is 0 Å². The summed E-state index contributed by atoms with van der Waals surface area (Å²) in [6.07, 6.45) is 0. The second-order valence-electron chi connectivity index (χ2n) is 4.25. The molecule has 2 nitrogen and oxygen atoms in total. The van der Waals surface area contributed by atoms with E-state index in [0.717, 1.165) is 0 Å². The Morgan fingerprint density at radius 3 is 1.59 bits per heavy atom. The van der Waals surface area contributed by atoms with Crippen molar-refractivity contribution in [1.82, 2.24) is 5.43 Å². The van der Waals surface area contributed by atoms with Crippen LogP contribution in [0.25, 0.3) is 0 Å². The third-order valence-corrected chi connectivity index (χ3v) is 3.08. The van der Waals surface area contributed by atoms with E-state index < -0.39 is 0 Å². The van der Waals surface area contributed by atoms with Crippen molar-refractivity contribution in [3.05, 3.63) is 71.8 Å². The largest absolute Gasteiger partial charge is 0.271 e. The molecule has 0 aliphatic rings. The number of hydrazine groups is 1. The number of rotatable bonds is 4. The first-order valence-electron chi connectivity index (χ1n) is 5.89. The highest BCUT2D eigenvalue weighted by molar-refractivity contribution is 5.33. The molecule has 0 bridgehead atoms. The first-order valence-corrected chi connectivity index (χ1v) is 5.89. The van der Waals surface area contributed by atoms with Gasteiger partial charge in [0.1, 0.15) is 0 Å². The van der Waals surface area contributed by atoms with E-state index in [2.05, 4.69) is 60.9 Å². The quantitative estimate of drug-likeness (QED) is 0.621. The molecule has 1 unspecified atom stereocenters. The molecule has 2 heteroatoms. The van der Waals surface area contributed by atoms with Gasteiger partial charge in [-0.05, 0) is 18.1 Å². The summed E-state index contributed by atoms with van der Waals surface area (Å²) in [6, 6.07) is 21.1. The summed E-state index contributed by atoms with van der Waals surface area (Å²) in [7, 11) is 0. The van der Waals surface area contributed by atoms with Crippen LogP contribution in [0, 0.1) is 0 Å². The second kappa shape index (κ2) is 5.62. The smallest absolute Gasteiger partial charge is 0.0291 e. The van der Waals surface area contributed by atoms with Crippen LogP contribution in [0.1, 0.15) is 24.0 Å². The van der Waals surface area contributed by atoms with Crippen LogP contribution in [0.15, 0.2) is 60.7 Å². The molecule has 1 atom stereocenters. The third-order valence-electron chi connectivity index (χ3n) is 3.08. The van der Waals surface area contributed by atoms with Crippen molar-refractivity contribution in [3.8, 4) is 0 Å². The van der Waals surface area contributed by atoms with Crippen LogP contribution < -0.4 is 11.3 Å². The molecule has 3 N–H and O–H groups in total. The molecule has 0 aliphatic carbocycles. The number of nitrogens with one attached hydrogen (secondary N) is 1. The van der Waals surface area contributed by atoms with Gasteiger partial charge in [0.25, 0.3) is 0 Å². The fourth-order valence-electron chi connectivity index (χ4n) is 2.19. The van der Waals surface area contributed by atoms with E-state index >= 15 is 0 Å².